The van der Waals surface area contributed by atoms with E-state index in [-0.39, 0.29) is 0 Å². The molecule has 0 amide bonds. The molecule has 0 bridgehead atoms. The van der Waals surface area contributed by atoms with Gasteiger partial charge in [0.05, 0.1) is 0 Å². The van der Waals surface area contributed by atoms with Crippen molar-refractivity contribution < 1.29 is 18.0 Å². The molecule has 0 radical (unpaired) electrons. The average Bonchev–Trinajstić information content (AvgIpc) is 2.95. The molecule has 3 rings (SSSR count). The molecule has 2 aromatic carbocycles. The van der Waals surface area contributed by atoms with E-state index >= 15 is 0 Å². The number of benzene rings is 2. The molecule has 5 nitrogen and oxygen atoms in total. The standard InChI is InChI=1S/C18H19NO4Se/c1-11-18(13-7-5-6-8-14(13)19-11)24(20)12-9-15(21-2)17(23-4)16(10-12)22-3/h5-10,19H,1-4H3. The minimum atomic E-state index is -2.51. The van der Waals surface area contributed by atoms with Crippen LogP contribution in [-0.2, 0) is 3.83 Å². The number of hydrogen-bond donors (Lipinski definition) is 1. The molecule has 0 saturated carbocycles. The molecule has 0 aliphatic heterocycles. The van der Waals surface area contributed by atoms with Crippen LogP contribution in [0.4, 0.5) is 0 Å². The summed E-state index contributed by atoms with van der Waals surface area (Å²) in [5.41, 5.74) is 1.91. The molecule has 0 fully saturated rings. The topological polar surface area (TPSA) is 60.6 Å². The van der Waals surface area contributed by atoms with Gasteiger partial charge in [-0.15, -0.1) is 0 Å². The molecule has 1 atom stereocenters. The van der Waals surface area contributed by atoms with E-state index in [1.807, 2.05) is 31.2 Å². The number of aromatic amines is 1. The molecule has 0 saturated heterocycles. The molecular formula is C18H19NO4Se. The van der Waals surface area contributed by atoms with Gasteiger partial charge >= 0.3 is 144 Å². The van der Waals surface area contributed by atoms with Gasteiger partial charge in [0, 0.05) is 0 Å². The normalized spacial score (nSPS) is 12.2. The van der Waals surface area contributed by atoms with E-state index in [1.165, 1.54) is 0 Å². The summed E-state index contributed by atoms with van der Waals surface area (Å²) >= 11 is -2.51. The zero-order valence-corrected chi connectivity index (χ0v) is 15.7. The third-order valence-corrected chi connectivity index (χ3v) is 7.15. The van der Waals surface area contributed by atoms with Gasteiger partial charge in [0.2, 0.25) is 0 Å². The van der Waals surface area contributed by atoms with Crippen molar-refractivity contribution in [1.82, 2.24) is 4.98 Å². The fourth-order valence-corrected chi connectivity index (χ4v) is 5.65. The SMILES string of the molecule is COc1cc([Se](=O)c2c(C)[nH]c3ccccc23)cc(OC)c1OC. The van der Waals surface area contributed by atoms with Crippen LogP contribution in [0.1, 0.15) is 5.69 Å². The van der Waals surface area contributed by atoms with Gasteiger partial charge in [0.15, 0.2) is 0 Å². The van der Waals surface area contributed by atoms with Crippen LogP contribution in [0.15, 0.2) is 36.4 Å². The summed E-state index contributed by atoms with van der Waals surface area (Å²) in [6.07, 6.45) is 0. The monoisotopic (exact) mass is 393 g/mol. The van der Waals surface area contributed by atoms with Gasteiger partial charge in [-0.05, 0) is 0 Å². The van der Waals surface area contributed by atoms with Gasteiger partial charge < -0.3 is 0 Å². The van der Waals surface area contributed by atoms with E-state index in [1.54, 1.807) is 33.5 Å². The maximum absolute atomic E-state index is 13.3. The summed E-state index contributed by atoms with van der Waals surface area (Å²) in [6, 6.07) is 11.4. The van der Waals surface area contributed by atoms with Crippen molar-refractivity contribution >= 4 is 33.7 Å². The van der Waals surface area contributed by atoms with Gasteiger partial charge in [0.25, 0.3) is 0 Å². The number of rotatable bonds is 5. The Kier molecular flexibility index (Phi) is 4.60. The van der Waals surface area contributed by atoms with Crippen LogP contribution in [0.25, 0.3) is 10.9 Å². The first-order valence-corrected chi connectivity index (χ1v) is 9.81. The zero-order chi connectivity index (χ0) is 17.3. The van der Waals surface area contributed by atoms with Crippen molar-refractivity contribution in [1.29, 1.82) is 0 Å². The summed E-state index contributed by atoms with van der Waals surface area (Å²) in [4.78, 5) is 3.30. The predicted molar refractivity (Wildman–Crippen MR) is 94.8 cm³/mol. The number of fused-ring (bicyclic) bond motifs is 1. The van der Waals surface area contributed by atoms with Crippen molar-refractivity contribution in [2.45, 2.75) is 6.92 Å². The van der Waals surface area contributed by atoms with E-state index in [0.717, 1.165) is 21.1 Å². The minimum absolute atomic E-state index is 0.498. The third-order valence-electron chi connectivity index (χ3n) is 3.87. The molecule has 3 aromatic rings. The second-order valence-electron chi connectivity index (χ2n) is 5.25. The Morgan fingerprint density at radius 2 is 1.58 bits per heavy atom. The Morgan fingerprint density at radius 3 is 2.17 bits per heavy atom. The Morgan fingerprint density at radius 1 is 0.958 bits per heavy atom. The third kappa shape index (κ3) is 2.68. The molecule has 0 spiro atoms. The van der Waals surface area contributed by atoms with Crippen molar-refractivity contribution in [3.05, 3.63) is 42.1 Å². The number of nitrogens with one attached hydrogen (secondary N) is 1. The van der Waals surface area contributed by atoms with E-state index in [9.17, 15) is 3.83 Å². The molecule has 0 aliphatic carbocycles. The van der Waals surface area contributed by atoms with Crippen LogP contribution in [0.3, 0.4) is 0 Å². The van der Waals surface area contributed by atoms with Gasteiger partial charge in [-0.1, -0.05) is 0 Å². The fourth-order valence-electron chi connectivity index (χ4n) is 2.77. The van der Waals surface area contributed by atoms with E-state index in [2.05, 4.69) is 4.98 Å². The number of para-hydroxylation sites is 1. The summed E-state index contributed by atoms with van der Waals surface area (Å²) in [6.45, 7) is 1.95. The molecule has 126 valence electrons. The van der Waals surface area contributed by atoms with Crippen molar-refractivity contribution in [2.75, 3.05) is 21.3 Å². The molecule has 1 heterocycles. The number of aryl methyl sites for hydroxylation is 1. The quantitative estimate of drug-likeness (QED) is 0.676. The number of ether oxygens (including phenoxy) is 3. The number of hydrogen-bond acceptors (Lipinski definition) is 4. The summed E-state index contributed by atoms with van der Waals surface area (Å²) < 4.78 is 30.9. The average molecular weight is 392 g/mol. The van der Waals surface area contributed by atoms with Crippen molar-refractivity contribution in [2.24, 2.45) is 0 Å². The second-order valence-corrected chi connectivity index (χ2v) is 8.23. The number of H-pyrrole nitrogens is 1. The Labute approximate surface area is 144 Å². The van der Waals surface area contributed by atoms with Crippen LogP contribution in [0.2, 0.25) is 0 Å². The van der Waals surface area contributed by atoms with E-state index in [0.29, 0.717) is 21.7 Å². The molecular weight excluding hydrogens is 373 g/mol. The summed E-state index contributed by atoms with van der Waals surface area (Å²) in [7, 11) is 4.66. The van der Waals surface area contributed by atoms with Crippen LogP contribution < -0.4 is 23.1 Å². The summed E-state index contributed by atoms with van der Waals surface area (Å²) in [5.74, 6) is 1.51. The zero-order valence-electron chi connectivity index (χ0n) is 14.0. The van der Waals surface area contributed by atoms with Crippen LogP contribution >= 0.6 is 0 Å². The maximum atomic E-state index is 13.3. The molecule has 1 unspecified atom stereocenters. The number of aromatic nitrogens is 1. The van der Waals surface area contributed by atoms with Gasteiger partial charge in [-0.25, -0.2) is 0 Å². The Balaban J connectivity index is 2.18. The molecule has 1 aromatic heterocycles. The van der Waals surface area contributed by atoms with Crippen LogP contribution in [0, 0.1) is 6.92 Å². The Hall–Kier alpha value is -2.30. The molecule has 0 aliphatic rings. The van der Waals surface area contributed by atoms with Gasteiger partial charge in [-0.3, -0.25) is 0 Å². The van der Waals surface area contributed by atoms with Crippen LogP contribution in [0.5, 0.6) is 17.2 Å². The second kappa shape index (κ2) is 6.67. The summed E-state index contributed by atoms with van der Waals surface area (Å²) in [5, 5.41) is 0.990. The van der Waals surface area contributed by atoms with Gasteiger partial charge in [-0.2, -0.15) is 0 Å². The first-order chi connectivity index (χ1) is 11.6. The van der Waals surface area contributed by atoms with Crippen molar-refractivity contribution in [3.63, 3.8) is 0 Å². The predicted octanol–water partition coefficient (Wildman–Crippen LogP) is 2.04. The van der Waals surface area contributed by atoms with Gasteiger partial charge in [0.1, 0.15) is 0 Å². The molecule has 1 N–H and O–H groups in total. The molecule has 6 heteroatoms. The fraction of sp³-hybridized carbons (Fsp3) is 0.222. The first-order valence-electron chi connectivity index (χ1n) is 7.39. The first kappa shape index (κ1) is 16.6. The number of methoxy groups -OCH3 is 3. The Bertz CT molecular complexity index is 892. The van der Waals surface area contributed by atoms with E-state index < -0.39 is 13.8 Å². The van der Waals surface area contributed by atoms with Crippen LogP contribution in [-0.4, -0.2) is 40.1 Å². The van der Waals surface area contributed by atoms with E-state index in [4.69, 9.17) is 14.2 Å². The molecule has 24 heavy (non-hydrogen) atoms. The van der Waals surface area contributed by atoms with Crippen molar-refractivity contribution in [3.8, 4) is 17.2 Å².